The minimum Gasteiger partial charge on any atom is -0.353 e. The third-order valence-electron chi connectivity index (χ3n) is 6.27. The highest BCUT2D eigenvalue weighted by molar-refractivity contribution is 5.58. The highest BCUT2D eigenvalue weighted by atomic mass is 15.4. The molecule has 2 aromatic heterocycles. The van der Waals surface area contributed by atoms with Crippen LogP contribution in [0.5, 0.6) is 0 Å². The number of aromatic nitrogens is 3. The molecule has 1 saturated heterocycles. The lowest BCUT2D eigenvalue weighted by atomic mass is 9.99. The summed E-state index contributed by atoms with van der Waals surface area (Å²) in [6, 6.07) is 2.65. The molecule has 0 aromatic carbocycles. The van der Waals surface area contributed by atoms with Crippen molar-refractivity contribution in [2.75, 3.05) is 24.5 Å². The molecule has 1 unspecified atom stereocenters. The number of allylic oxidation sites excluding steroid dienone is 4. The second-order valence-electron chi connectivity index (χ2n) is 8.00. The van der Waals surface area contributed by atoms with Gasteiger partial charge < -0.3 is 10.2 Å². The van der Waals surface area contributed by atoms with Crippen molar-refractivity contribution in [3.05, 3.63) is 47.3 Å². The summed E-state index contributed by atoms with van der Waals surface area (Å²) in [5.41, 5.74) is 5.20. The molecule has 1 fully saturated rings. The molecule has 2 aliphatic heterocycles. The van der Waals surface area contributed by atoms with E-state index in [1.54, 1.807) is 0 Å². The lowest BCUT2D eigenvalue weighted by Crippen LogP contribution is -2.33. The van der Waals surface area contributed by atoms with Crippen LogP contribution in [-0.2, 0) is 12.8 Å². The molecule has 1 N–H and O–H groups in total. The van der Waals surface area contributed by atoms with Crippen molar-refractivity contribution in [3.63, 3.8) is 0 Å². The van der Waals surface area contributed by atoms with E-state index < -0.39 is 0 Å². The van der Waals surface area contributed by atoms with Crippen molar-refractivity contribution in [3.8, 4) is 0 Å². The fourth-order valence-corrected chi connectivity index (χ4v) is 4.91. The van der Waals surface area contributed by atoms with Crippen molar-refractivity contribution in [2.24, 2.45) is 0 Å². The van der Waals surface area contributed by atoms with E-state index in [1.165, 1.54) is 61.2 Å². The Labute approximate surface area is 161 Å². The first kappa shape index (κ1) is 17.0. The summed E-state index contributed by atoms with van der Waals surface area (Å²) in [4.78, 5) is 7.58. The molecule has 5 nitrogen and oxygen atoms in total. The third-order valence-corrected chi connectivity index (χ3v) is 6.27. The van der Waals surface area contributed by atoms with Gasteiger partial charge in [0.05, 0.1) is 11.9 Å². The highest BCUT2D eigenvalue weighted by Crippen LogP contribution is 2.34. The van der Waals surface area contributed by atoms with E-state index in [0.29, 0.717) is 6.04 Å². The SMILES string of the molecule is C1=CC(CCC2CCCN2c2c3c(nc4ccnn24)CCNCC3)=CCC1. The van der Waals surface area contributed by atoms with Crippen LogP contribution in [0.3, 0.4) is 0 Å². The standard InChI is InChI=1S/C22H29N5/c1-2-5-17(6-3-1)8-9-18-7-4-16-26(18)22-19-10-13-23-14-11-20(19)25-21-12-15-24-27(21)22/h2,5-6,12,15,18,23H,1,3-4,7-11,13-14,16H2. The van der Waals surface area contributed by atoms with Crippen molar-refractivity contribution in [2.45, 2.75) is 57.4 Å². The number of rotatable bonds is 4. The van der Waals surface area contributed by atoms with Gasteiger partial charge in [-0.25, -0.2) is 4.98 Å². The predicted molar refractivity (Wildman–Crippen MR) is 109 cm³/mol. The maximum atomic E-state index is 4.93. The van der Waals surface area contributed by atoms with Gasteiger partial charge in [0.25, 0.3) is 0 Å². The minimum atomic E-state index is 0.608. The summed E-state index contributed by atoms with van der Waals surface area (Å²) in [6.45, 7) is 3.19. The molecule has 0 spiro atoms. The number of nitrogens with zero attached hydrogens (tertiary/aromatic N) is 4. The van der Waals surface area contributed by atoms with Crippen LogP contribution in [-0.4, -0.2) is 40.3 Å². The number of nitrogens with one attached hydrogen (secondary N) is 1. The number of hydrogen-bond acceptors (Lipinski definition) is 4. The zero-order chi connectivity index (χ0) is 18.1. The molecule has 0 amide bonds. The summed E-state index contributed by atoms with van der Waals surface area (Å²) in [6.07, 6.45) is 18.4. The van der Waals surface area contributed by atoms with Crippen LogP contribution in [0.2, 0.25) is 0 Å². The highest BCUT2D eigenvalue weighted by Gasteiger charge is 2.30. The van der Waals surface area contributed by atoms with E-state index in [0.717, 1.165) is 38.1 Å². The molecule has 0 saturated carbocycles. The van der Waals surface area contributed by atoms with Gasteiger partial charge in [-0.3, -0.25) is 0 Å². The second-order valence-corrected chi connectivity index (χ2v) is 8.00. The summed E-state index contributed by atoms with van der Waals surface area (Å²) >= 11 is 0. The molecule has 0 bridgehead atoms. The average molecular weight is 364 g/mol. The van der Waals surface area contributed by atoms with Gasteiger partial charge >= 0.3 is 0 Å². The molecule has 1 atom stereocenters. The minimum absolute atomic E-state index is 0.608. The van der Waals surface area contributed by atoms with E-state index >= 15 is 0 Å². The van der Waals surface area contributed by atoms with E-state index in [9.17, 15) is 0 Å². The molecular weight excluding hydrogens is 334 g/mol. The third kappa shape index (κ3) is 3.29. The van der Waals surface area contributed by atoms with Gasteiger partial charge in [0.1, 0.15) is 5.82 Å². The molecule has 27 heavy (non-hydrogen) atoms. The zero-order valence-electron chi connectivity index (χ0n) is 16.0. The van der Waals surface area contributed by atoms with Crippen LogP contribution in [0.15, 0.2) is 36.1 Å². The fraction of sp³-hybridized carbons (Fsp3) is 0.545. The van der Waals surface area contributed by atoms with Crippen molar-refractivity contribution in [1.29, 1.82) is 0 Å². The van der Waals surface area contributed by atoms with Crippen molar-refractivity contribution in [1.82, 2.24) is 19.9 Å². The maximum Gasteiger partial charge on any atom is 0.157 e. The lowest BCUT2D eigenvalue weighted by molar-refractivity contribution is 0.598. The van der Waals surface area contributed by atoms with E-state index in [1.807, 2.05) is 12.3 Å². The first-order chi connectivity index (χ1) is 13.4. The molecule has 5 rings (SSSR count). The summed E-state index contributed by atoms with van der Waals surface area (Å²) in [7, 11) is 0. The topological polar surface area (TPSA) is 45.5 Å². The molecule has 0 radical (unpaired) electrons. The van der Waals surface area contributed by atoms with Crippen LogP contribution >= 0.6 is 0 Å². The largest absolute Gasteiger partial charge is 0.353 e. The normalized spacial score (nSPS) is 22.7. The maximum absolute atomic E-state index is 4.93. The van der Waals surface area contributed by atoms with Gasteiger partial charge in [0.15, 0.2) is 5.65 Å². The summed E-state index contributed by atoms with van der Waals surface area (Å²) < 4.78 is 2.10. The second kappa shape index (κ2) is 7.47. The van der Waals surface area contributed by atoms with Crippen LogP contribution < -0.4 is 10.2 Å². The Hall–Kier alpha value is -2.14. The number of anilines is 1. The Kier molecular flexibility index (Phi) is 4.70. The van der Waals surface area contributed by atoms with Gasteiger partial charge in [0.2, 0.25) is 0 Å². The van der Waals surface area contributed by atoms with Gasteiger partial charge in [0, 0.05) is 37.2 Å². The van der Waals surface area contributed by atoms with Gasteiger partial charge in [-0.1, -0.05) is 23.8 Å². The fourth-order valence-electron chi connectivity index (χ4n) is 4.91. The van der Waals surface area contributed by atoms with Crippen molar-refractivity contribution < 1.29 is 0 Å². The molecule has 2 aromatic rings. The van der Waals surface area contributed by atoms with Crippen molar-refractivity contribution >= 4 is 11.5 Å². The van der Waals surface area contributed by atoms with Gasteiger partial charge in [-0.15, -0.1) is 0 Å². The quantitative estimate of drug-likeness (QED) is 0.904. The van der Waals surface area contributed by atoms with E-state index in [-0.39, 0.29) is 0 Å². The smallest absolute Gasteiger partial charge is 0.157 e. The number of fused-ring (bicyclic) bond motifs is 2. The Balaban J connectivity index is 1.48. The lowest BCUT2D eigenvalue weighted by Gasteiger charge is -2.30. The zero-order valence-corrected chi connectivity index (χ0v) is 16.0. The van der Waals surface area contributed by atoms with E-state index in [2.05, 4.69) is 38.1 Å². The first-order valence-corrected chi connectivity index (χ1v) is 10.6. The van der Waals surface area contributed by atoms with E-state index in [4.69, 9.17) is 4.98 Å². The summed E-state index contributed by atoms with van der Waals surface area (Å²) in [5, 5.41) is 8.19. The Morgan fingerprint density at radius 1 is 1.19 bits per heavy atom. The first-order valence-electron chi connectivity index (χ1n) is 10.6. The van der Waals surface area contributed by atoms with Crippen LogP contribution in [0.1, 0.15) is 49.8 Å². The average Bonchev–Trinajstić information content (AvgIpc) is 3.29. The Bertz CT molecular complexity index is 878. The molecular formula is C22H29N5. The molecule has 4 heterocycles. The van der Waals surface area contributed by atoms with Gasteiger partial charge in [-0.2, -0.15) is 9.61 Å². The molecule has 5 heteroatoms. The van der Waals surface area contributed by atoms with Crippen LogP contribution in [0.4, 0.5) is 5.82 Å². The Morgan fingerprint density at radius 3 is 3.07 bits per heavy atom. The Morgan fingerprint density at radius 2 is 2.15 bits per heavy atom. The molecule has 142 valence electrons. The van der Waals surface area contributed by atoms with Crippen LogP contribution in [0, 0.1) is 0 Å². The van der Waals surface area contributed by atoms with Gasteiger partial charge in [-0.05, 0) is 51.5 Å². The van der Waals surface area contributed by atoms with Crippen LogP contribution in [0.25, 0.3) is 5.65 Å². The molecule has 1 aliphatic carbocycles. The monoisotopic (exact) mass is 363 g/mol. The number of hydrogen-bond donors (Lipinski definition) is 1. The predicted octanol–water partition coefficient (Wildman–Crippen LogP) is 3.44. The summed E-state index contributed by atoms with van der Waals surface area (Å²) in [5.74, 6) is 1.32. The molecule has 3 aliphatic rings.